The molecular formula is C18H27NO. The summed E-state index contributed by atoms with van der Waals surface area (Å²) in [4.78, 5) is 0. The Morgan fingerprint density at radius 2 is 2.20 bits per heavy atom. The average Bonchev–Trinajstić information content (AvgIpc) is 2.42. The number of fused-ring (bicyclic) bond motifs is 1. The fourth-order valence-electron chi connectivity index (χ4n) is 3.49. The minimum atomic E-state index is 0.711. The normalized spacial score (nSPS) is 24.9. The summed E-state index contributed by atoms with van der Waals surface area (Å²) in [6.45, 7) is 7.73. The highest BCUT2D eigenvalue weighted by Crippen LogP contribution is 2.47. The Labute approximate surface area is 122 Å². The molecule has 1 heterocycles. The van der Waals surface area contributed by atoms with Crippen LogP contribution in [0.2, 0.25) is 0 Å². The van der Waals surface area contributed by atoms with E-state index in [9.17, 15) is 0 Å². The summed E-state index contributed by atoms with van der Waals surface area (Å²) in [5, 5.41) is 3.63. The lowest BCUT2D eigenvalue weighted by Gasteiger charge is -2.39. The first-order chi connectivity index (χ1) is 9.75. The van der Waals surface area contributed by atoms with Gasteiger partial charge in [0.25, 0.3) is 0 Å². The van der Waals surface area contributed by atoms with Crippen LogP contribution in [0.1, 0.15) is 50.2 Å². The molecule has 1 saturated carbocycles. The third-order valence-corrected chi connectivity index (χ3v) is 4.74. The summed E-state index contributed by atoms with van der Waals surface area (Å²) >= 11 is 0. The van der Waals surface area contributed by atoms with Gasteiger partial charge < -0.3 is 10.1 Å². The molecule has 1 aliphatic carbocycles. The first-order valence-corrected chi connectivity index (χ1v) is 8.21. The molecule has 2 nitrogen and oxygen atoms in total. The van der Waals surface area contributed by atoms with Gasteiger partial charge in [-0.2, -0.15) is 0 Å². The Hall–Kier alpha value is -1.02. The molecule has 2 atom stereocenters. The van der Waals surface area contributed by atoms with Crippen molar-refractivity contribution in [3.8, 4) is 5.75 Å². The van der Waals surface area contributed by atoms with Crippen molar-refractivity contribution in [2.75, 3.05) is 19.7 Å². The van der Waals surface area contributed by atoms with Crippen LogP contribution in [0.5, 0.6) is 5.75 Å². The second-order valence-corrected chi connectivity index (χ2v) is 6.78. The molecule has 0 saturated heterocycles. The molecule has 0 amide bonds. The van der Waals surface area contributed by atoms with Crippen LogP contribution in [0.3, 0.4) is 0 Å². The Bertz CT molecular complexity index is 455. The van der Waals surface area contributed by atoms with Gasteiger partial charge in [-0.05, 0) is 67.7 Å². The molecule has 110 valence electrons. The van der Waals surface area contributed by atoms with Crippen molar-refractivity contribution in [1.82, 2.24) is 5.32 Å². The van der Waals surface area contributed by atoms with E-state index >= 15 is 0 Å². The molecule has 0 aromatic heterocycles. The molecule has 3 rings (SSSR count). The number of aryl methyl sites for hydroxylation is 1. The lowest BCUT2D eigenvalue weighted by atomic mass is 9.69. The van der Waals surface area contributed by atoms with Gasteiger partial charge in [-0.1, -0.05) is 32.0 Å². The number of benzene rings is 1. The topological polar surface area (TPSA) is 21.3 Å². The van der Waals surface area contributed by atoms with Crippen LogP contribution >= 0.6 is 0 Å². The van der Waals surface area contributed by atoms with E-state index in [1.807, 2.05) is 0 Å². The first kappa shape index (κ1) is 13.9. The van der Waals surface area contributed by atoms with Crippen LogP contribution in [0.4, 0.5) is 0 Å². The number of ether oxygens (including phenoxy) is 1. The molecule has 1 aromatic carbocycles. The van der Waals surface area contributed by atoms with Gasteiger partial charge >= 0.3 is 0 Å². The van der Waals surface area contributed by atoms with Crippen LogP contribution in [-0.2, 0) is 6.42 Å². The fraction of sp³-hybridized carbons (Fsp3) is 0.667. The third-order valence-electron chi connectivity index (χ3n) is 4.74. The van der Waals surface area contributed by atoms with Crippen LogP contribution in [0.15, 0.2) is 18.2 Å². The second kappa shape index (κ2) is 6.17. The number of hydrogen-bond acceptors (Lipinski definition) is 2. The van der Waals surface area contributed by atoms with Crippen molar-refractivity contribution in [3.05, 3.63) is 29.3 Å². The lowest BCUT2D eigenvalue weighted by Crippen LogP contribution is -2.35. The van der Waals surface area contributed by atoms with Gasteiger partial charge in [0, 0.05) is 0 Å². The van der Waals surface area contributed by atoms with E-state index in [-0.39, 0.29) is 0 Å². The van der Waals surface area contributed by atoms with E-state index in [1.165, 1.54) is 42.6 Å². The Morgan fingerprint density at radius 1 is 1.30 bits per heavy atom. The van der Waals surface area contributed by atoms with Crippen molar-refractivity contribution < 1.29 is 4.74 Å². The first-order valence-electron chi connectivity index (χ1n) is 8.21. The zero-order valence-electron chi connectivity index (χ0n) is 12.8. The van der Waals surface area contributed by atoms with Gasteiger partial charge in [-0.25, -0.2) is 0 Å². The number of rotatable bonds is 5. The van der Waals surface area contributed by atoms with Crippen molar-refractivity contribution in [1.29, 1.82) is 0 Å². The largest absolute Gasteiger partial charge is 0.493 e. The minimum absolute atomic E-state index is 0.711. The van der Waals surface area contributed by atoms with Gasteiger partial charge in [0.15, 0.2) is 0 Å². The van der Waals surface area contributed by atoms with Crippen molar-refractivity contribution >= 4 is 0 Å². The van der Waals surface area contributed by atoms with Crippen LogP contribution in [-0.4, -0.2) is 19.7 Å². The fourth-order valence-corrected chi connectivity index (χ4v) is 3.49. The number of nitrogens with one attached hydrogen (secondary N) is 1. The summed E-state index contributed by atoms with van der Waals surface area (Å²) in [7, 11) is 0. The monoisotopic (exact) mass is 273 g/mol. The van der Waals surface area contributed by atoms with Crippen LogP contribution < -0.4 is 10.1 Å². The van der Waals surface area contributed by atoms with Crippen LogP contribution in [0.25, 0.3) is 0 Å². The molecule has 0 radical (unpaired) electrons. The predicted octanol–water partition coefficient (Wildman–Crippen LogP) is 3.75. The Morgan fingerprint density at radius 3 is 2.95 bits per heavy atom. The minimum Gasteiger partial charge on any atom is -0.493 e. The Balaban J connectivity index is 1.67. The van der Waals surface area contributed by atoms with E-state index in [0.717, 1.165) is 31.5 Å². The molecule has 2 heteroatoms. The standard InChI is InChI=1S/C18H27NO/c1-13(2)11-19-12-15-8-9-16(15)17-7-3-5-14-6-4-10-20-18(14)17/h3,5,7,13,15-16,19H,4,6,8-12H2,1-2H3. The van der Waals surface area contributed by atoms with Crippen LogP contribution in [0, 0.1) is 11.8 Å². The third kappa shape index (κ3) is 2.85. The van der Waals surface area contributed by atoms with Gasteiger partial charge in [-0.15, -0.1) is 0 Å². The molecule has 0 spiro atoms. The summed E-state index contributed by atoms with van der Waals surface area (Å²) in [6, 6.07) is 6.76. The predicted molar refractivity (Wildman–Crippen MR) is 83.4 cm³/mol. The number of hydrogen-bond donors (Lipinski definition) is 1. The smallest absolute Gasteiger partial charge is 0.125 e. The maximum Gasteiger partial charge on any atom is 0.125 e. The molecule has 2 aliphatic rings. The number of para-hydroxylation sites is 1. The van der Waals surface area contributed by atoms with E-state index in [2.05, 4.69) is 37.4 Å². The van der Waals surface area contributed by atoms with Crippen molar-refractivity contribution in [2.45, 2.75) is 45.4 Å². The molecule has 1 aromatic rings. The molecule has 2 unspecified atom stereocenters. The molecule has 20 heavy (non-hydrogen) atoms. The maximum atomic E-state index is 5.98. The lowest BCUT2D eigenvalue weighted by molar-refractivity contribution is 0.227. The van der Waals surface area contributed by atoms with Gasteiger partial charge in [0.2, 0.25) is 0 Å². The van der Waals surface area contributed by atoms with E-state index in [0.29, 0.717) is 5.92 Å². The van der Waals surface area contributed by atoms with Gasteiger partial charge in [-0.3, -0.25) is 0 Å². The zero-order chi connectivity index (χ0) is 13.9. The zero-order valence-corrected chi connectivity index (χ0v) is 12.8. The quantitative estimate of drug-likeness (QED) is 0.882. The van der Waals surface area contributed by atoms with Gasteiger partial charge in [0.1, 0.15) is 5.75 Å². The van der Waals surface area contributed by atoms with Gasteiger partial charge in [0.05, 0.1) is 6.61 Å². The maximum absolute atomic E-state index is 5.98. The summed E-state index contributed by atoms with van der Waals surface area (Å²) in [5.41, 5.74) is 2.90. The molecule has 1 aliphatic heterocycles. The average molecular weight is 273 g/mol. The molecule has 0 bridgehead atoms. The molecule has 1 N–H and O–H groups in total. The molecular weight excluding hydrogens is 246 g/mol. The molecule has 1 fully saturated rings. The van der Waals surface area contributed by atoms with E-state index < -0.39 is 0 Å². The van der Waals surface area contributed by atoms with E-state index in [4.69, 9.17) is 4.74 Å². The van der Waals surface area contributed by atoms with Crippen molar-refractivity contribution in [3.63, 3.8) is 0 Å². The van der Waals surface area contributed by atoms with Crippen molar-refractivity contribution in [2.24, 2.45) is 11.8 Å². The highest BCUT2D eigenvalue weighted by molar-refractivity contribution is 5.45. The summed E-state index contributed by atoms with van der Waals surface area (Å²) in [5.74, 6) is 3.46. The SMILES string of the molecule is CC(C)CNCC1CCC1c1cccc2c1OCCC2. The second-order valence-electron chi connectivity index (χ2n) is 6.78. The highest BCUT2D eigenvalue weighted by Gasteiger charge is 2.34. The van der Waals surface area contributed by atoms with E-state index in [1.54, 1.807) is 0 Å². The Kier molecular flexibility index (Phi) is 4.30. The highest BCUT2D eigenvalue weighted by atomic mass is 16.5. The summed E-state index contributed by atoms with van der Waals surface area (Å²) < 4.78 is 5.98. The summed E-state index contributed by atoms with van der Waals surface area (Å²) in [6.07, 6.45) is 5.04.